The number of carbonyl (C=O) groups excluding carboxylic acids is 4. The van der Waals surface area contributed by atoms with Crippen molar-refractivity contribution < 1.29 is 63.7 Å². The molecule has 11 atom stereocenters. The van der Waals surface area contributed by atoms with Gasteiger partial charge in [0.1, 0.15) is 29.5 Å². The van der Waals surface area contributed by atoms with Gasteiger partial charge >= 0.3 is 18.0 Å². The Morgan fingerprint density at radius 1 is 1.04 bits per heavy atom. The Morgan fingerprint density at radius 3 is 2.23 bits per heavy atom. The number of nitrogens with one attached hydrogen (secondary N) is 1. The highest BCUT2D eigenvalue weighted by Gasteiger charge is 2.76. The van der Waals surface area contributed by atoms with Crippen LogP contribution in [-0.4, -0.2) is 116 Å². The first kappa shape index (κ1) is 39.5. The number of benzene rings is 1. The zero-order chi connectivity index (χ0) is 38.7. The summed E-state index contributed by atoms with van der Waals surface area (Å²) < 4.78 is 22.8. The van der Waals surface area contributed by atoms with Gasteiger partial charge in [0.05, 0.1) is 41.9 Å². The van der Waals surface area contributed by atoms with Crippen LogP contribution in [0.4, 0.5) is 4.79 Å². The number of hydrogen-bond donors (Lipinski definition) is 6. The third kappa shape index (κ3) is 6.36. The highest BCUT2D eigenvalue weighted by atomic mass is 16.6. The van der Waals surface area contributed by atoms with Crippen molar-refractivity contribution in [1.82, 2.24) is 5.32 Å². The summed E-state index contributed by atoms with van der Waals surface area (Å²) in [7, 11) is 0. The fraction of sp³-hybridized carbons (Fsp3) is 0.632. The van der Waals surface area contributed by atoms with Crippen LogP contribution in [0.5, 0.6) is 0 Å². The number of aliphatic hydroxyl groups excluding tert-OH is 3. The lowest BCUT2D eigenvalue weighted by molar-refractivity contribution is -0.343. The Kier molecular flexibility index (Phi) is 10.6. The summed E-state index contributed by atoms with van der Waals surface area (Å²) in [6.07, 6.45) is -10.2. The largest absolute Gasteiger partial charge is 0.456 e. The molecule has 1 heterocycles. The molecule has 14 heteroatoms. The maximum absolute atomic E-state index is 14.6. The molecule has 1 aromatic carbocycles. The number of esters is 2. The number of aliphatic hydroxyl groups is 5. The molecule has 1 aliphatic heterocycles. The lowest BCUT2D eigenvalue weighted by atomic mass is 9.44. The summed E-state index contributed by atoms with van der Waals surface area (Å²) in [5.74, 6) is -4.51. The molecule has 286 valence electrons. The molecule has 4 aliphatic rings. The molecule has 14 nitrogen and oxygen atoms in total. The lowest BCUT2D eigenvalue weighted by Gasteiger charge is -2.66. The monoisotopic (exact) mass is 729 g/mol. The Bertz CT molecular complexity index is 1650. The number of amides is 1. The molecule has 0 spiro atoms. The Labute approximate surface area is 302 Å². The topological polar surface area (TPSA) is 218 Å². The highest BCUT2D eigenvalue weighted by Crippen LogP contribution is 2.63. The van der Waals surface area contributed by atoms with Crippen LogP contribution in [0.1, 0.15) is 78.6 Å². The summed E-state index contributed by atoms with van der Waals surface area (Å²) in [5.41, 5.74) is -6.82. The first-order valence-electron chi connectivity index (χ1n) is 17.6. The summed E-state index contributed by atoms with van der Waals surface area (Å²) in [6.45, 7) is 12.3. The molecular formula is C38H51NO13. The smallest absolute Gasteiger partial charge is 0.407 e. The van der Waals surface area contributed by atoms with Gasteiger partial charge in [0.15, 0.2) is 11.9 Å². The van der Waals surface area contributed by atoms with Crippen LogP contribution in [0.25, 0.3) is 0 Å². The molecule has 0 radical (unpaired) electrons. The number of ketones is 1. The maximum atomic E-state index is 14.6. The number of carbonyl (C=O) groups is 4. The van der Waals surface area contributed by atoms with Crippen molar-refractivity contribution in [2.45, 2.75) is 128 Å². The number of ether oxygens (including phenoxy) is 4. The SMILES string of the molecule is CC(C)=CC(NC(=O)OC(C)C)C(O)C(=O)OC1CC2(O)C(OC(=O)c3ccccc3)C3[C@]4(O)COC4CC(O)[C@@]3(C)C(=O)C(O)C(=C1C)C2(C)C. The van der Waals surface area contributed by atoms with Gasteiger partial charge in [-0.05, 0) is 64.8 Å². The van der Waals surface area contributed by atoms with Gasteiger partial charge in [-0.25, -0.2) is 14.4 Å². The predicted octanol–water partition coefficient (Wildman–Crippen LogP) is 1.89. The molecule has 52 heavy (non-hydrogen) atoms. The van der Waals surface area contributed by atoms with E-state index < -0.39 is 107 Å². The van der Waals surface area contributed by atoms with Gasteiger partial charge in [-0.15, -0.1) is 0 Å². The average molecular weight is 730 g/mol. The first-order valence-corrected chi connectivity index (χ1v) is 17.6. The normalized spacial score (nSPS) is 36.1. The molecule has 6 N–H and O–H groups in total. The van der Waals surface area contributed by atoms with Crippen LogP contribution in [0, 0.1) is 16.7 Å². The van der Waals surface area contributed by atoms with E-state index in [4.69, 9.17) is 18.9 Å². The number of hydrogen-bond acceptors (Lipinski definition) is 13. The van der Waals surface area contributed by atoms with Crippen LogP contribution < -0.4 is 5.32 Å². The standard InChI is InChI=1S/C38H51NO13/c1-18(2)14-22(39-34(46)50-19(3)4)27(41)33(45)51-23-16-38(48)31(52-32(44)21-12-10-9-11-13-21)29-36(8,24(40)15-25-37(29,47)17-49-25)30(43)28(42)26(20(23)5)35(38,6)7/h9-14,19,22-25,27-29,31,40-42,47-48H,15-17H2,1-8H3,(H,39,46)/t22?,23?,24?,25?,27?,28?,29?,31?,36-,37+,38?/m1/s1. The van der Waals surface area contributed by atoms with Crippen molar-refractivity contribution in [2.24, 2.45) is 16.7 Å². The lowest BCUT2D eigenvalue weighted by Crippen LogP contribution is -2.81. The summed E-state index contributed by atoms with van der Waals surface area (Å²) >= 11 is 0. The second-order valence-corrected chi connectivity index (χ2v) is 15.9. The molecular weight excluding hydrogens is 678 g/mol. The molecule has 3 fully saturated rings. The fourth-order valence-electron chi connectivity index (χ4n) is 8.69. The van der Waals surface area contributed by atoms with Gasteiger partial charge in [-0.1, -0.05) is 43.7 Å². The third-order valence-corrected chi connectivity index (χ3v) is 11.6. The third-order valence-electron chi connectivity index (χ3n) is 11.6. The van der Waals surface area contributed by atoms with E-state index >= 15 is 0 Å². The number of allylic oxidation sites excluding steroid dienone is 1. The van der Waals surface area contributed by atoms with Crippen LogP contribution in [-0.2, 0) is 28.5 Å². The van der Waals surface area contributed by atoms with E-state index in [1.165, 1.54) is 32.1 Å². The maximum Gasteiger partial charge on any atom is 0.407 e. The van der Waals surface area contributed by atoms with E-state index in [-0.39, 0.29) is 29.7 Å². The Morgan fingerprint density at radius 2 is 1.67 bits per heavy atom. The molecule has 2 saturated carbocycles. The summed E-state index contributed by atoms with van der Waals surface area (Å²) in [4.78, 5) is 54.6. The molecule has 5 rings (SSSR count). The van der Waals surface area contributed by atoms with Crippen LogP contribution in [0.15, 0.2) is 53.1 Å². The van der Waals surface area contributed by atoms with Crippen molar-refractivity contribution in [2.75, 3.05) is 6.61 Å². The molecule has 1 amide bonds. The zero-order valence-corrected chi connectivity index (χ0v) is 30.8. The fourth-order valence-corrected chi connectivity index (χ4v) is 8.69. The van der Waals surface area contributed by atoms with E-state index in [9.17, 15) is 44.7 Å². The molecule has 0 aromatic heterocycles. The predicted molar refractivity (Wildman–Crippen MR) is 183 cm³/mol. The minimum absolute atomic E-state index is 0.0374. The van der Waals surface area contributed by atoms with Gasteiger partial charge in [0.25, 0.3) is 0 Å². The second-order valence-electron chi connectivity index (χ2n) is 15.9. The van der Waals surface area contributed by atoms with Crippen LogP contribution >= 0.6 is 0 Å². The molecule has 1 aromatic rings. The Balaban J connectivity index is 1.63. The number of Topliss-reactive ketones (excluding diaryl/α,β-unsaturated/α-hetero) is 1. The van der Waals surface area contributed by atoms with Crippen molar-refractivity contribution >= 4 is 23.8 Å². The van der Waals surface area contributed by atoms with Crippen molar-refractivity contribution in [1.29, 1.82) is 0 Å². The van der Waals surface area contributed by atoms with E-state index in [0.29, 0.717) is 5.57 Å². The van der Waals surface area contributed by atoms with Crippen LogP contribution in [0.3, 0.4) is 0 Å². The first-order chi connectivity index (χ1) is 24.1. The van der Waals surface area contributed by atoms with Gasteiger partial charge in [-0.2, -0.15) is 0 Å². The van der Waals surface area contributed by atoms with Gasteiger partial charge in [-0.3, -0.25) is 4.79 Å². The second kappa shape index (κ2) is 14.0. The number of rotatable bonds is 8. The quantitative estimate of drug-likeness (QED) is 0.128. The minimum Gasteiger partial charge on any atom is -0.456 e. The number of fused-ring (bicyclic) bond motifs is 5. The molecule has 9 unspecified atom stereocenters. The minimum atomic E-state index is -2.29. The Hall–Kier alpha value is -3.66. The van der Waals surface area contributed by atoms with E-state index in [2.05, 4.69) is 5.32 Å². The molecule has 3 aliphatic carbocycles. The van der Waals surface area contributed by atoms with E-state index in [1.54, 1.807) is 59.7 Å². The highest BCUT2D eigenvalue weighted by molar-refractivity contribution is 5.94. The van der Waals surface area contributed by atoms with Gasteiger partial charge in [0, 0.05) is 24.2 Å². The summed E-state index contributed by atoms with van der Waals surface area (Å²) in [5, 5.41) is 62.5. The van der Waals surface area contributed by atoms with E-state index in [1.807, 2.05) is 0 Å². The average Bonchev–Trinajstić information content (AvgIpc) is 3.06. The van der Waals surface area contributed by atoms with Gasteiger partial charge in [0.2, 0.25) is 0 Å². The summed E-state index contributed by atoms with van der Waals surface area (Å²) in [6, 6.07) is 6.60. The zero-order valence-electron chi connectivity index (χ0n) is 30.8. The van der Waals surface area contributed by atoms with Crippen molar-refractivity contribution in [3.8, 4) is 0 Å². The van der Waals surface area contributed by atoms with Crippen LogP contribution in [0.2, 0.25) is 0 Å². The number of alkyl carbamates (subject to hydrolysis) is 1. The van der Waals surface area contributed by atoms with Crippen molar-refractivity contribution in [3.63, 3.8) is 0 Å². The molecule has 2 bridgehead atoms. The molecule has 1 saturated heterocycles. The van der Waals surface area contributed by atoms with Crippen molar-refractivity contribution in [3.05, 3.63) is 58.7 Å². The van der Waals surface area contributed by atoms with Gasteiger partial charge < -0.3 is 49.8 Å². The van der Waals surface area contributed by atoms with E-state index in [0.717, 1.165) is 0 Å².